The van der Waals surface area contributed by atoms with E-state index < -0.39 is 17.8 Å². The van der Waals surface area contributed by atoms with Gasteiger partial charge in [0.05, 0.1) is 25.6 Å². The van der Waals surface area contributed by atoms with E-state index in [0.29, 0.717) is 30.9 Å². The van der Waals surface area contributed by atoms with E-state index in [4.69, 9.17) is 9.47 Å². The van der Waals surface area contributed by atoms with E-state index >= 15 is 0 Å². The lowest BCUT2D eigenvalue weighted by atomic mass is 9.78. The van der Waals surface area contributed by atoms with Gasteiger partial charge in [0.25, 0.3) is 0 Å². The van der Waals surface area contributed by atoms with Gasteiger partial charge in [0.2, 0.25) is 5.91 Å². The van der Waals surface area contributed by atoms with Gasteiger partial charge < -0.3 is 19.9 Å². The Morgan fingerprint density at radius 2 is 1.96 bits per heavy atom. The molecular weight excluding hydrogens is 310 g/mol. The van der Waals surface area contributed by atoms with Crippen LogP contribution >= 0.6 is 0 Å². The van der Waals surface area contributed by atoms with Crippen LogP contribution in [0.1, 0.15) is 38.2 Å². The van der Waals surface area contributed by atoms with Crippen molar-refractivity contribution in [2.24, 2.45) is 11.8 Å². The van der Waals surface area contributed by atoms with Crippen molar-refractivity contribution in [1.82, 2.24) is 5.32 Å². The van der Waals surface area contributed by atoms with Crippen LogP contribution in [0.2, 0.25) is 0 Å². The number of methoxy groups -OCH3 is 1. The second-order valence-corrected chi connectivity index (χ2v) is 5.94. The largest absolute Gasteiger partial charge is 0.493 e. The summed E-state index contributed by atoms with van der Waals surface area (Å²) in [5.74, 6) is -0.905. The summed E-state index contributed by atoms with van der Waals surface area (Å²) in [7, 11) is 1.57. The van der Waals surface area contributed by atoms with Crippen LogP contribution in [0.3, 0.4) is 0 Å². The van der Waals surface area contributed by atoms with Crippen LogP contribution in [0.4, 0.5) is 0 Å². The summed E-state index contributed by atoms with van der Waals surface area (Å²) >= 11 is 0. The van der Waals surface area contributed by atoms with Gasteiger partial charge in [-0.2, -0.15) is 0 Å². The maximum atomic E-state index is 12.5. The Morgan fingerprint density at radius 1 is 1.25 bits per heavy atom. The molecule has 2 rings (SSSR count). The molecule has 6 nitrogen and oxygen atoms in total. The molecule has 0 radical (unpaired) electrons. The predicted octanol–water partition coefficient (Wildman–Crippen LogP) is 2.60. The van der Waals surface area contributed by atoms with Crippen molar-refractivity contribution in [2.75, 3.05) is 13.7 Å². The first kappa shape index (κ1) is 18.1. The van der Waals surface area contributed by atoms with Gasteiger partial charge in [-0.25, -0.2) is 0 Å². The highest BCUT2D eigenvalue weighted by Crippen LogP contribution is 2.32. The SMILES string of the molecule is CCOc1c(CNC(=O)[C@H]2CCCC[C@H]2C(=O)O)cccc1OC. The number of carboxylic acids is 1. The van der Waals surface area contributed by atoms with Gasteiger partial charge in [0.1, 0.15) is 0 Å². The Balaban J connectivity index is 2.07. The topological polar surface area (TPSA) is 84.9 Å². The molecule has 1 aliphatic rings. The van der Waals surface area contributed by atoms with Gasteiger partial charge >= 0.3 is 5.97 Å². The molecule has 1 aliphatic carbocycles. The van der Waals surface area contributed by atoms with Gasteiger partial charge in [-0.15, -0.1) is 0 Å². The number of carboxylic acid groups (broad SMARTS) is 1. The molecule has 2 N–H and O–H groups in total. The Labute approximate surface area is 142 Å². The average Bonchev–Trinajstić information content (AvgIpc) is 2.60. The standard InChI is InChI=1S/C18H25NO5/c1-3-24-16-12(7-6-10-15(16)23-2)11-19-17(20)13-8-4-5-9-14(13)18(21)22/h6-7,10,13-14H,3-5,8-9,11H2,1-2H3,(H,19,20)(H,21,22)/t13-,14+/m0/s1. The number of carbonyl (C=O) groups excluding carboxylic acids is 1. The van der Waals surface area contributed by atoms with Crippen LogP contribution in [0, 0.1) is 11.8 Å². The van der Waals surface area contributed by atoms with Gasteiger partial charge in [0, 0.05) is 12.1 Å². The predicted molar refractivity (Wildman–Crippen MR) is 89.1 cm³/mol. The molecule has 0 heterocycles. The van der Waals surface area contributed by atoms with Crippen molar-refractivity contribution in [3.63, 3.8) is 0 Å². The number of ether oxygens (including phenoxy) is 2. The zero-order chi connectivity index (χ0) is 17.5. The lowest BCUT2D eigenvalue weighted by molar-refractivity contribution is -0.148. The summed E-state index contributed by atoms with van der Waals surface area (Å²) in [6.45, 7) is 2.66. The number of amides is 1. The molecule has 0 bridgehead atoms. The van der Waals surface area contributed by atoms with Crippen molar-refractivity contribution in [1.29, 1.82) is 0 Å². The third-order valence-electron chi connectivity index (χ3n) is 4.44. The van der Waals surface area contributed by atoms with Crippen molar-refractivity contribution < 1.29 is 24.2 Å². The minimum Gasteiger partial charge on any atom is -0.493 e. The molecule has 1 amide bonds. The summed E-state index contributed by atoms with van der Waals surface area (Å²) in [6.07, 6.45) is 2.95. The highest BCUT2D eigenvalue weighted by Gasteiger charge is 2.35. The number of para-hydroxylation sites is 1. The summed E-state index contributed by atoms with van der Waals surface area (Å²) in [6, 6.07) is 5.50. The number of hydrogen-bond donors (Lipinski definition) is 2. The van der Waals surface area contributed by atoms with E-state index in [1.807, 2.05) is 19.1 Å². The van der Waals surface area contributed by atoms with E-state index in [2.05, 4.69) is 5.32 Å². The number of aliphatic carboxylic acids is 1. The molecule has 1 aromatic rings. The van der Waals surface area contributed by atoms with Crippen LogP contribution in [0.15, 0.2) is 18.2 Å². The number of carbonyl (C=O) groups is 2. The average molecular weight is 335 g/mol. The summed E-state index contributed by atoms with van der Waals surface area (Å²) in [4.78, 5) is 23.8. The lowest BCUT2D eigenvalue weighted by Gasteiger charge is -2.27. The summed E-state index contributed by atoms with van der Waals surface area (Å²) < 4.78 is 10.9. The van der Waals surface area contributed by atoms with Gasteiger partial charge in [-0.3, -0.25) is 9.59 Å². The first-order valence-corrected chi connectivity index (χ1v) is 8.37. The van der Waals surface area contributed by atoms with E-state index in [-0.39, 0.29) is 12.5 Å². The molecule has 2 atom stereocenters. The molecule has 0 aliphatic heterocycles. The van der Waals surface area contributed by atoms with Crippen molar-refractivity contribution in [3.05, 3.63) is 23.8 Å². The number of nitrogens with one attached hydrogen (secondary N) is 1. The van der Waals surface area contributed by atoms with Crippen molar-refractivity contribution in [3.8, 4) is 11.5 Å². The highest BCUT2D eigenvalue weighted by molar-refractivity contribution is 5.84. The second-order valence-electron chi connectivity index (χ2n) is 5.94. The van der Waals surface area contributed by atoms with Gasteiger partial charge in [-0.1, -0.05) is 25.0 Å². The Kier molecular flexibility index (Phi) is 6.46. The smallest absolute Gasteiger partial charge is 0.307 e. The van der Waals surface area contributed by atoms with Crippen LogP contribution in [-0.4, -0.2) is 30.7 Å². The zero-order valence-electron chi connectivity index (χ0n) is 14.2. The van der Waals surface area contributed by atoms with Gasteiger partial charge in [-0.05, 0) is 25.8 Å². The minimum atomic E-state index is -0.883. The third-order valence-corrected chi connectivity index (χ3v) is 4.44. The Hall–Kier alpha value is -2.24. The Bertz CT molecular complexity index is 587. The third kappa shape index (κ3) is 4.19. The quantitative estimate of drug-likeness (QED) is 0.800. The van der Waals surface area contributed by atoms with E-state index in [9.17, 15) is 14.7 Å². The number of hydrogen-bond acceptors (Lipinski definition) is 4. The van der Waals surface area contributed by atoms with Crippen LogP contribution in [0.5, 0.6) is 11.5 Å². The molecule has 1 fully saturated rings. The lowest BCUT2D eigenvalue weighted by Crippen LogP contribution is -2.39. The number of benzene rings is 1. The normalized spacial score (nSPS) is 20.2. The first-order chi connectivity index (χ1) is 11.6. The minimum absolute atomic E-state index is 0.202. The highest BCUT2D eigenvalue weighted by atomic mass is 16.5. The van der Waals surface area contributed by atoms with Crippen molar-refractivity contribution in [2.45, 2.75) is 39.2 Å². The molecule has 1 aromatic carbocycles. The van der Waals surface area contributed by atoms with E-state index in [0.717, 1.165) is 18.4 Å². The molecule has 0 spiro atoms. The fourth-order valence-electron chi connectivity index (χ4n) is 3.22. The van der Waals surface area contributed by atoms with E-state index in [1.54, 1.807) is 13.2 Å². The molecular formula is C18H25NO5. The monoisotopic (exact) mass is 335 g/mol. The summed E-state index contributed by atoms with van der Waals surface area (Å²) in [5.41, 5.74) is 0.812. The van der Waals surface area contributed by atoms with Crippen molar-refractivity contribution >= 4 is 11.9 Å². The maximum Gasteiger partial charge on any atom is 0.307 e. The Morgan fingerprint density at radius 3 is 2.58 bits per heavy atom. The van der Waals surface area contributed by atoms with Crippen LogP contribution < -0.4 is 14.8 Å². The molecule has 1 saturated carbocycles. The van der Waals surface area contributed by atoms with E-state index in [1.165, 1.54) is 0 Å². The maximum absolute atomic E-state index is 12.5. The molecule has 24 heavy (non-hydrogen) atoms. The fourth-order valence-corrected chi connectivity index (χ4v) is 3.22. The number of rotatable bonds is 7. The zero-order valence-corrected chi connectivity index (χ0v) is 14.2. The molecule has 6 heteroatoms. The van der Waals surface area contributed by atoms with Crippen LogP contribution in [-0.2, 0) is 16.1 Å². The first-order valence-electron chi connectivity index (χ1n) is 8.37. The van der Waals surface area contributed by atoms with Crippen LogP contribution in [0.25, 0.3) is 0 Å². The fraction of sp³-hybridized carbons (Fsp3) is 0.556. The molecule has 0 unspecified atom stereocenters. The second kappa shape index (κ2) is 8.57. The molecule has 0 aromatic heterocycles. The molecule has 0 saturated heterocycles. The molecule has 132 valence electrons. The summed E-state index contributed by atoms with van der Waals surface area (Å²) in [5, 5.41) is 12.2. The van der Waals surface area contributed by atoms with Gasteiger partial charge in [0.15, 0.2) is 11.5 Å².